The van der Waals surface area contributed by atoms with Gasteiger partial charge in [-0.3, -0.25) is 4.79 Å². The molecule has 2 saturated carbocycles. The lowest BCUT2D eigenvalue weighted by Crippen LogP contribution is -2.49. The van der Waals surface area contributed by atoms with E-state index < -0.39 is 5.79 Å². The molecular weight excluding hydrogens is 1110 g/mol. The largest absolute Gasteiger partial charge is 0.462 e. The summed E-state index contributed by atoms with van der Waals surface area (Å²) in [5.41, 5.74) is 5.75. The number of hydrogen-bond acceptors (Lipinski definition) is 4. The molecule has 0 unspecified atom stereocenters. The van der Waals surface area contributed by atoms with Crippen LogP contribution in [-0.4, -0.2) is 34.6 Å². The van der Waals surface area contributed by atoms with Crippen molar-refractivity contribution in [3.63, 3.8) is 0 Å². The minimum atomic E-state index is -0.715. The lowest BCUT2D eigenvalue weighted by molar-refractivity contribution is -0.325. The van der Waals surface area contributed by atoms with Gasteiger partial charge in [0.15, 0.2) is 5.79 Å². The van der Waals surface area contributed by atoms with E-state index in [1.807, 2.05) is 12.1 Å². The highest BCUT2D eigenvalue weighted by Crippen LogP contribution is 2.42. The Morgan fingerprint density at radius 2 is 0.778 bits per heavy atom. The highest BCUT2D eigenvalue weighted by molar-refractivity contribution is 5.83. The summed E-state index contributed by atoms with van der Waals surface area (Å²) in [5.74, 6) is -0.760. The van der Waals surface area contributed by atoms with Crippen molar-refractivity contribution in [2.24, 2.45) is 0 Å². The third-order valence-electron chi connectivity index (χ3n) is 21.2. The zero-order valence-electron chi connectivity index (χ0n) is 59.0. The minimum absolute atomic E-state index is 0.0345. The van der Waals surface area contributed by atoms with Crippen molar-refractivity contribution in [3.8, 4) is 22.4 Å². The number of ether oxygens (including phenoxy) is 3. The van der Waals surface area contributed by atoms with Crippen LogP contribution in [0.4, 0.5) is 4.39 Å². The number of halogens is 1. The molecule has 0 bridgehead atoms. The van der Waals surface area contributed by atoms with E-state index >= 15 is 0 Å². The van der Waals surface area contributed by atoms with E-state index in [0.29, 0.717) is 6.42 Å². The van der Waals surface area contributed by atoms with Crippen LogP contribution in [-0.2, 0) is 25.5 Å². The second kappa shape index (κ2) is 49.6. The van der Waals surface area contributed by atoms with E-state index in [1.165, 1.54) is 319 Å². The molecule has 3 fully saturated rings. The fourth-order valence-electron chi connectivity index (χ4n) is 15.7. The third kappa shape index (κ3) is 33.4. The number of hydrogen-bond donors (Lipinski definition) is 0. The summed E-state index contributed by atoms with van der Waals surface area (Å²) in [6.45, 7) is 5.32. The van der Waals surface area contributed by atoms with Crippen molar-refractivity contribution in [2.75, 3.05) is 0 Å². The van der Waals surface area contributed by atoms with Crippen molar-refractivity contribution in [1.29, 1.82) is 0 Å². The fraction of sp³-hybridized carbons (Fsp3) is 0.798. The van der Waals surface area contributed by atoms with Gasteiger partial charge < -0.3 is 18.8 Å². The summed E-state index contributed by atoms with van der Waals surface area (Å²) in [6, 6.07) is 20.1. The van der Waals surface area contributed by atoms with E-state index in [-0.39, 0.29) is 42.4 Å². The molecule has 2 aromatic carbocycles. The molecule has 2 heterocycles. The Labute approximate surface area is 554 Å². The van der Waals surface area contributed by atoms with E-state index in [9.17, 15) is 9.18 Å². The molecule has 1 spiro atoms. The van der Waals surface area contributed by atoms with Gasteiger partial charge in [0.25, 0.3) is 0 Å². The van der Waals surface area contributed by atoms with Gasteiger partial charge in [-0.2, -0.15) is 0 Å². The normalized spacial score (nSPS) is 23.2. The Morgan fingerprint density at radius 3 is 1.13 bits per heavy atom. The molecule has 3 aromatic rings. The molecule has 1 aliphatic heterocycles. The van der Waals surface area contributed by atoms with Gasteiger partial charge in [0.05, 0.1) is 24.3 Å². The van der Waals surface area contributed by atoms with Crippen LogP contribution >= 0.6 is 0 Å². The second-order valence-electron chi connectivity index (χ2n) is 29.7. The maximum Gasteiger partial charge on any atom is 0.308 e. The molecular formula is C84H140FNO4. The number of carbonyl (C=O) groups excluding carboxylic acids is 1. The SMILES string of the molecule is CC(C)c1cc(-c2ccccc2)c(-c2ccc(F)cc2)n1CC[C@@H]1C[C@H](CC(=O)OC2CCCCC2)OC2(CCCCCCCCCCCCCCCCCCCCCCCCCCCCCCCCCCCCCCCCCCCCCCCCCCC2)O1. The summed E-state index contributed by atoms with van der Waals surface area (Å²) in [7, 11) is 0. The summed E-state index contributed by atoms with van der Waals surface area (Å²) < 4.78 is 38.0. The molecule has 0 radical (unpaired) electrons. The van der Waals surface area contributed by atoms with Gasteiger partial charge in [0.2, 0.25) is 0 Å². The molecule has 1 aromatic heterocycles. The van der Waals surface area contributed by atoms with Crippen molar-refractivity contribution >= 4 is 5.97 Å². The molecule has 0 amide bonds. The highest BCUT2D eigenvalue weighted by atomic mass is 19.1. The van der Waals surface area contributed by atoms with Crippen LogP contribution in [0.2, 0.25) is 0 Å². The van der Waals surface area contributed by atoms with Crippen molar-refractivity contribution < 1.29 is 23.4 Å². The van der Waals surface area contributed by atoms with E-state index in [0.717, 1.165) is 81.2 Å². The van der Waals surface area contributed by atoms with Crippen LogP contribution in [0, 0.1) is 5.82 Å². The Morgan fingerprint density at radius 1 is 0.444 bits per heavy atom. The molecule has 512 valence electrons. The summed E-state index contributed by atoms with van der Waals surface area (Å²) in [4.78, 5) is 13.9. The molecule has 1 saturated heterocycles. The van der Waals surface area contributed by atoms with Gasteiger partial charge >= 0.3 is 5.97 Å². The van der Waals surface area contributed by atoms with Gasteiger partial charge in [0, 0.05) is 37.1 Å². The first-order valence-electron chi connectivity index (χ1n) is 40.0. The van der Waals surface area contributed by atoms with Crippen LogP contribution in [0.15, 0.2) is 60.7 Å². The average molecular weight is 1250 g/mol. The molecule has 3 aliphatic rings. The number of esters is 1. The lowest BCUT2D eigenvalue weighted by Gasteiger charge is -2.45. The molecule has 90 heavy (non-hydrogen) atoms. The Bertz CT molecular complexity index is 2110. The standard InChI is InChI=1S/C84H140FNO4/c1-73(2)81-72-80(74-58-52-50-53-59-74)83(75-62-64-76(85)65-63-75)86(81)69-66-78-70-79(71-82(87)88-77-60-54-51-55-61-77)90-84(89-78)67-56-48-46-44-42-40-38-36-34-32-30-28-26-24-22-20-18-16-14-12-10-8-6-4-3-5-7-9-11-13-15-17-19-21-23-25-27-29-31-33-35-37-39-41-43-45-47-49-57-68-84/h50,52-53,58-59,62-65,72-73,77-79H,3-49,51,54-57,60-61,66-71H2,1-2H3/t78-,79-/m1/s1. The third-order valence-corrected chi connectivity index (χ3v) is 21.2. The quantitative estimate of drug-likeness (QED) is 0.200. The highest BCUT2D eigenvalue weighted by Gasteiger charge is 2.43. The van der Waals surface area contributed by atoms with Crippen molar-refractivity contribution in [1.82, 2.24) is 4.57 Å². The molecule has 0 N–H and O–H groups in total. The Balaban J connectivity index is 1.01. The maximum absolute atomic E-state index is 14.5. The van der Waals surface area contributed by atoms with E-state index in [2.05, 4.69) is 54.8 Å². The van der Waals surface area contributed by atoms with E-state index in [1.54, 1.807) is 12.1 Å². The molecule has 5 nitrogen and oxygen atoms in total. The first kappa shape index (κ1) is 76.1. The van der Waals surface area contributed by atoms with Crippen LogP contribution in [0.1, 0.15) is 404 Å². The van der Waals surface area contributed by atoms with Crippen LogP contribution in [0.25, 0.3) is 22.4 Å². The fourth-order valence-corrected chi connectivity index (χ4v) is 15.7. The predicted octanol–water partition coefficient (Wildman–Crippen LogP) is 27.5. The summed E-state index contributed by atoms with van der Waals surface area (Å²) >= 11 is 0. The smallest absolute Gasteiger partial charge is 0.308 e. The van der Waals surface area contributed by atoms with Gasteiger partial charge in [-0.25, -0.2) is 4.39 Å². The maximum atomic E-state index is 14.5. The van der Waals surface area contributed by atoms with Crippen LogP contribution < -0.4 is 0 Å². The molecule has 2 atom stereocenters. The zero-order chi connectivity index (χ0) is 63.0. The molecule has 6 heteroatoms. The predicted molar refractivity (Wildman–Crippen MR) is 384 cm³/mol. The van der Waals surface area contributed by atoms with Gasteiger partial charge in [-0.1, -0.05) is 352 Å². The number of rotatable bonds is 9. The lowest BCUT2D eigenvalue weighted by atomic mass is 9.94. The second-order valence-corrected chi connectivity index (χ2v) is 29.7. The average Bonchev–Trinajstić information content (AvgIpc) is 1.66. The monoisotopic (exact) mass is 1250 g/mol. The molecule has 2 aliphatic carbocycles. The number of aromatic nitrogens is 1. The number of benzene rings is 2. The summed E-state index contributed by atoms with van der Waals surface area (Å²) in [5, 5.41) is 0. The first-order valence-corrected chi connectivity index (χ1v) is 40.0. The van der Waals surface area contributed by atoms with E-state index in [4.69, 9.17) is 14.2 Å². The number of carbonyl (C=O) groups is 1. The zero-order valence-corrected chi connectivity index (χ0v) is 59.0. The van der Waals surface area contributed by atoms with Crippen molar-refractivity contribution in [3.05, 3.63) is 72.2 Å². The van der Waals surface area contributed by atoms with Gasteiger partial charge in [-0.05, 0) is 92.3 Å². The topological polar surface area (TPSA) is 49.7 Å². The van der Waals surface area contributed by atoms with Gasteiger partial charge in [-0.15, -0.1) is 0 Å². The van der Waals surface area contributed by atoms with Crippen LogP contribution in [0.5, 0.6) is 0 Å². The van der Waals surface area contributed by atoms with Crippen molar-refractivity contribution in [2.45, 2.75) is 429 Å². The number of nitrogens with zero attached hydrogens (tertiary/aromatic N) is 1. The Kier molecular flexibility index (Phi) is 41.9. The minimum Gasteiger partial charge on any atom is -0.462 e. The summed E-state index contributed by atoms with van der Waals surface area (Å²) in [6.07, 6.45) is 77.4. The van der Waals surface area contributed by atoms with Gasteiger partial charge in [0.1, 0.15) is 11.9 Å². The molecule has 6 rings (SSSR count). The first-order chi connectivity index (χ1) is 44.4. The van der Waals surface area contributed by atoms with Crippen LogP contribution in [0.3, 0.4) is 0 Å². The Hall–Kier alpha value is -2.96.